The lowest BCUT2D eigenvalue weighted by atomic mass is 10.1. The van der Waals surface area contributed by atoms with Gasteiger partial charge in [0, 0.05) is 25.6 Å². The molecule has 0 bridgehead atoms. The maximum Gasteiger partial charge on any atom is 0.389 e. The van der Waals surface area contributed by atoms with Crippen LogP contribution in [0.3, 0.4) is 0 Å². The second kappa shape index (κ2) is 6.93. The summed E-state index contributed by atoms with van der Waals surface area (Å²) in [4.78, 5) is 0. The molecule has 0 unspecified atom stereocenters. The van der Waals surface area contributed by atoms with Crippen molar-refractivity contribution in [1.82, 2.24) is 4.31 Å². The van der Waals surface area contributed by atoms with Gasteiger partial charge >= 0.3 is 6.18 Å². The molecule has 110 valence electrons. The summed E-state index contributed by atoms with van der Waals surface area (Å²) in [5, 5.41) is 0. The molecule has 9 heteroatoms. The minimum Gasteiger partial charge on any atom is -0.328 e. The van der Waals surface area contributed by atoms with Crippen LogP contribution in [0.4, 0.5) is 13.2 Å². The van der Waals surface area contributed by atoms with E-state index < -0.39 is 28.4 Å². The van der Waals surface area contributed by atoms with Crippen molar-refractivity contribution in [2.24, 2.45) is 5.73 Å². The number of rotatable bonds is 4. The minimum atomic E-state index is -4.29. The second-order valence-electron chi connectivity index (χ2n) is 4.27. The Morgan fingerprint density at radius 1 is 1.22 bits per heavy atom. The first-order valence-corrected chi connectivity index (χ1v) is 7.12. The fourth-order valence-corrected chi connectivity index (χ4v) is 3.27. The summed E-state index contributed by atoms with van der Waals surface area (Å²) >= 11 is 0. The molecule has 0 atom stereocenters. The molecule has 4 nitrogen and oxygen atoms in total. The van der Waals surface area contributed by atoms with Crippen molar-refractivity contribution in [2.45, 2.75) is 37.9 Å². The Morgan fingerprint density at radius 3 is 2.17 bits per heavy atom. The van der Waals surface area contributed by atoms with Gasteiger partial charge in [-0.2, -0.15) is 13.2 Å². The van der Waals surface area contributed by atoms with Crippen LogP contribution in [0.15, 0.2) is 0 Å². The zero-order valence-corrected chi connectivity index (χ0v) is 11.5. The molecule has 1 saturated heterocycles. The molecule has 0 aromatic heterocycles. The van der Waals surface area contributed by atoms with Gasteiger partial charge in [-0.15, -0.1) is 12.4 Å². The Labute approximate surface area is 111 Å². The van der Waals surface area contributed by atoms with Gasteiger partial charge in [-0.1, -0.05) is 0 Å². The van der Waals surface area contributed by atoms with E-state index in [0.717, 1.165) is 0 Å². The van der Waals surface area contributed by atoms with Crippen molar-refractivity contribution in [3.8, 4) is 0 Å². The number of alkyl halides is 3. The van der Waals surface area contributed by atoms with Crippen LogP contribution in [0.25, 0.3) is 0 Å². The van der Waals surface area contributed by atoms with Crippen LogP contribution in [-0.4, -0.2) is 43.8 Å². The minimum absolute atomic E-state index is 0. The first-order valence-electron chi connectivity index (χ1n) is 5.51. The third-order valence-electron chi connectivity index (χ3n) is 2.75. The molecule has 0 aromatic rings. The average Bonchev–Trinajstić information content (AvgIpc) is 2.15. The van der Waals surface area contributed by atoms with E-state index in [1.807, 2.05) is 0 Å². The highest BCUT2D eigenvalue weighted by atomic mass is 35.5. The summed E-state index contributed by atoms with van der Waals surface area (Å²) in [5.74, 6) is -0.443. The quantitative estimate of drug-likeness (QED) is 0.856. The summed E-state index contributed by atoms with van der Waals surface area (Å²) < 4.78 is 60.3. The molecule has 2 N–H and O–H groups in total. The molecule has 1 rings (SSSR count). The number of piperidine rings is 1. The number of sulfonamides is 1. The number of halogens is 4. The van der Waals surface area contributed by atoms with Crippen molar-refractivity contribution in [3.05, 3.63) is 0 Å². The number of hydrogen-bond acceptors (Lipinski definition) is 3. The van der Waals surface area contributed by atoms with Crippen molar-refractivity contribution in [2.75, 3.05) is 18.8 Å². The normalized spacial score (nSPS) is 19.6. The topological polar surface area (TPSA) is 63.4 Å². The highest BCUT2D eigenvalue weighted by Crippen LogP contribution is 2.22. The zero-order chi connectivity index (χ0) is 13.1. The predicted octanol–water partition coefficient (Wildman–Crippen LogP) is 1.50. The number of hydrogen-bond donors (Lipinski definition) is 1. The van der Waals surface area contributed by atoms with Crippen molar-refractivity contribution >= 4 is 22.4 Å². The van der Waals surface area contributed by atoms with E-state index in [2.05, 4.69) is 0 Å². The summed E-state index contributed by atoms with van der Waals surface area (Å²) in [6.45, 7) is 0.630. The largest absolute Gasteiger partial charge is 0.389 e. The molecule has 0 aliphatic carbocycles. The Hall–Kier alpha value is -0.0500. The Bertz CT molecular complexity index is 340. The molecule has 1 fully saturated rings. The maximum atomic E-state index is 11.9. The maximum absolute atomic E-state index is 11.9. The Balaban J connectivity index is 0.00000289. The molecule has 1 aliphatic rings. The van der Waals surface area contributed by atoms with Gasteiger partial charge in [-0.3, -0.25) is 0 Å². The third-order valence-corrected chi connectivity index (χ3v) is 4.71. The van der Waals surface area contributed by atoms with Gasteiger partial charge in [0.2, 0.25) is 10.0 Å². The van der Waals surface area contributed by atoms with Crippen LogP contribution >= 0.6 is 12.4 Å². The van der Waals surface area contributed by atoms with Crippen LogP contribution < -0.4 is 5.73 Å². The van der Waals surface area contributed by atoms with Gasteiger partial charge in [0.15, 0.2) is 0 Å². The molecule has 0 aromatic carbocycles. The van der Waals surface area contributed by atoms with E-state index in [0.29, 0.717) is 25.9 Å². The molecular weight excluding hydrogens is 293 g/mol. The van der Waals surface area contributed by atoms with E-state index in [9.17, 15) is 21.6 Å². The standard InChI is InChI=1S/C9H17F3N2O2S.ClH/c10-9(11,12)4-1-7-17(15,16)14-5-2-8(13)3-6-14;/h8H,1-7,13H2;1H. The van der Waals surface area contributed by atoms with E-state index in [1.165, 1.54) is 4.31 Å². The lowest BCUT2D eigenvalue weighted by molar-refractivity contribution is -0.134. The monoisotopic (exact) mass is 310 g/mol. The van der Waals surface area contributed by atoms with Crippen LogP contribution in [0, 0.1) is 0 Å². The third kappa shape index (κ3) is 6.21. The zero-order valence-electron chi connectivity index (χ0n) is 9.82. The van der Waals surface area contributed by atoms with Crippen LogP contribution in [0.5, 0.6) is 0 Å². The van der Waals surface area contributed by atoms with Crippen molar-refractivity contribution in [1.29, 1.82) is 0 Å². The summed E-state index contributed by atoms with van der Waals surface area (Å²) in [7, 11) is -3.55. The highest BCUT2D eigenvalue weighted by Gasteiger charge is 2.30. The van der Waals surface area contributed by atoms with Crippen molar-refractivity contribution in [3.63, 3.8) is 0 Å². The van der Waals surface area contributed by atoms with Gasteiger partial charge in [0.25, 0.3) is 0 Å². The summed E-state index contributed by atoms with van der Waals surface area (Å²) in [6.07, 6.45) is -4.59. The average molecular weight is 311 g/mol. The predicted molar refractivity (Wildman–Crippen MR) is 65.1 cm³/mol. The molecule has 1 aliphatic heterocycles. The molecule has 18 heavy (non-hydrogen) atoms. The molecule has 0 spiro atoms. The van der Waals surface area contributed by atoms with E-state index in [1.54, 1.807) is 0 Å². The summed E-state index contributed by atoms with van der Waals surface area (Å²) in [5.41, 5.74) is 5.63. The molecular formula is C9H18ClF3N2O2S. The fourth-order valence-electron chi connectivity index (χ4n) is 1.74. The Morgan fingerprint density at radius 2 is 1.72 bits per heavy atom. The van der Waals surface area contributed by atoms with Crippen LogP contribution in [0.1, 0.15) is 25.7 Å². The van der Waals surface area contributed by atoms with Gasteiger partial charge in [-0.25, -0.2) is 12.7 Å². The molecule has 0 amide bonds. The smallest absolute Gasteiger partial charge is 0.328 e. The SMILES string of the molecule is Cl.NC1CCN(S(=O)(=O)CCCC(F)(F)F)CC1. The number of nitrogens with zero attached hydrogens (tertiary/aromatic N) is 1. The van der Waals surface area contributed by atoms with Crippen LogP contribution in [-0.2, 0) is 10.0 Å². The van der Waals surface area contributed by atoms with E-state index in [-0.39, 0.29) is 24.9 Å². The fraction of sp³-hybridized carbons (Fsp3) is 1.00. The van der Waals surface area contributed by atoms with E-state index >= 15 is 0 Å². The van der Waals surface area contributed by atoms with E-state index in [4.69, 9.17) is 5.73 Å². The first-order chi connectivity index (χ1) is 7.71. The summed E-state index contributed by atoms with van der Waals surface area (Å²) in [6, 6.07) is -0.00312. The van der Waals surface area contributed by atoms with Gasteiger partial charge in [0.05, 0.1) is 5.75 Å². The number of nitrogens with two attached hydrogens (primary N) is 1. The molecule has 1 heterocycles. The first kappa shape index (κ1) is 17.9. The highest BCUT2D eigenvalue weighted by molar-refractivity contribution is 7.89. The Kier molecular flexibility index (Phi) is 6.91. The molecule has 0 radical (unpaired) electrons. The van der Waals surface area contributed by atoms with Crippen molar-refractivity contribution < 1.29 is 21.6 Å². The lowest BCUT2D eigenvalue weighted by Gasteiger charge is -2.29. The second-order valence-corrected chi connectivity index (χ2v) is 6.36. The van der Waals surface area contributed by atoms with Gasteiger partial charge in [-0.05, 0) is 19.3 Å². The van der Waals surface area contributed by atoms with Crippen LogP contribution in [0.2, 0.25) is 0 Å². The lowest BCUT2D eigenvalue weighted by Crippen LogP contribution is -2.43. The molecule has 0 saturated carbocycles. The van der Waals surface area contributed by atoms with Gasteiger partial charge in [0.1, 0.15) is 0 Å². The van der Waals surface area contributed by atoms with Gasteiger partial charge < -0.3 is 5.73 Å².